The summed E-state index contributed by atoms with van der Waals surface area (Å²) < 4.78 is 0. The van der Waals surface area contributed by atoms with E-state index >= 15 is 0 Å². The third kappa shape index (κ3) is 18.0. The van der Waals surface area contributed by atoms with Crippen molar-refractivity contribution in [1.82, 2.24) is 0 Å². The van der Waals surface area contributed by atoms with Crippen molar-refractivity contribution < 1.29 is 70.3 Å². The van der Waals surface area contributed by atoms with E-state index < -0.39 is 0 Å². The van der Waals surface area contributed by atoms with Crippen molar-refractivity contribution in [2.75, 3.05) is 0 Å². The molecule has 5 heteroatoms. The monoisotopic (exact) mass is 452 g/mol. The van der Waals surface area contributed by atoms with Crippen molar-refractivity contribution in [3.05, 3.63) is 0 Å². The Hall–Kier alpha value is 4.03. The Morgan fingerprint density at radius 2 is 0.800 bits per heavy atom. The predicted molar refractivity (Wildman–Crippen MR) is 43.4 cm³/mol. The fourth-order valence-electron chi connectivity index (χ4n) is 0. The molecule has 0 saturated carbocycles. The van der Waals surface area contributed by atoms with E-state index in [1.165, 1.54) is 0 Å². The molecule has 0 nitrogen and oxygen atoms in total. The summed E-state index contributed by atoms with van der Waals surface area (Å²) in [5, 5.41) is 0. The Bertz CT molecular complexity index is 10.8. The number of hydrogen-bond donors (Lipinski definition) is 0. The molecule has 0 radical (unpaired) electrons. The van der Waals surface area contributed by atoms with E-state index in [2.05, 4.69) is 0 Å². The summed E-state index contributed by atoms with van der Waals surface area (Å²) >= 11 is 0. The molecule has 0 aromatic rings. The first-order valence-corrected chi connectivity index (χ1v) is 0. The zero-order valence-electron chi connectivity index (χ0n) is 3.22. The number of hydrogen-bond acceptors (Lipinski definition) is 0. The summed E-state index contributed by atoms with van der Waals surface area (Å²) in [7, 11) is 0. The first-order valence-electron chi connectivity index (χ1n) is 0. The molecular formula is H8Br3CsGe. The van der Waals surface area contributed by atoms with Gasteiger partial charge in [-0.05, 0) is 0 Å². The van der Waals surface area contributed by atoms with E-state index in [0.29, 0.717) is 0 Å². The molecule has 0 atom stereocenters. The summed E-state index contributed by atoms with van der Waals surface area (Å²) in [6, 6.07) is 0. The van der Waals surface area contributed by atoms with Crippen LogP contribution in [0.5, 0.6) is 0 Å². The molecule has 0 aliphatic rings. The van der Waals surface area contributed by atoms with Crippen molar-refractivity contribution in [1.29, 1.82) is 0 Å². The maximum absolute atomic E-state index is 0. The topological polar surface area (TPSA) is 0 Å². The maximum atomic E-state index is 0. The molecule has 0 spiro atoms. The van der Waals surface area contributed by atoms with Crippen LogP contribution in [-0.2, 0) is 0 Å². The predicted octanol–water partition coefficient (Wildman–Crippen LogP) is -2.60. The van der Waals surface area contributed by atoms with Gasteiger partial charge in [0.15, 0.2) is 0 Å². The van der Waals surface area contributed by atoms with Gasteiger partial charge in [-0.25, -0.2) is 0 Å². The quantitative estimate of drug-likeness (QED) is 0.353. The molecule has 0 aromatic carbocycles. The van der Waals surface area contributed by atoms with Crippen LogP contribution in [0.1, 0.15) is 1.43 Å². The smallest absolute Gasteiger partial charge is 1.00 e. The second-order valence-electron chi connectivity index (χ2n) is 0. The minimum absolute atomic E-state index is 0. The standard InChI is InChI=1S/3BrH.Cs.GeH4.H/h3*1H;;1H4;/q;;;+1;;-1. The summed E-state index contributed by atoms with van der Waals surface area (Å²) in [5.74, 6) is 0. The number of halogens is 3. The molecule has 0 amide bonds. The molecule has 0 heterocycles. The Morgan fingerprint density at radius 1 is 0.800 bits per heavy atom. The zero-order chi connectivity index (χ0) is 0. The average molecular weight is 453 g/mol. The molecule has 5 heavy (non-hydrogen) atoms. The minimum atomic E-state index is 0. The third-order valence-electron chi connectivity index (χ3n) is 0. The van der Waals surface area contributed by atoms with Gasteiger partial charge in [-0.1, -0.05) is 0 Å². The van der Waals surface area contributed by atoms with E-state index in [9.17, 15) is 0 Å². The van der Waals surface area contributed by atoms with Crippen LogP contribution in [0.4, 0.5) is 0 Å². The van der Waals surface area contributed by atoms with Crippen LogP contribution in [0, 0.1) is 0 Å². The van der Waals surface area contributed by atoms with Gasteiger partial charge in [-0.15, -0.1) is 50.9 Å². The van der Waals surface area contributed by atoms with E-state index in [4.69, 9.17) is 0 Å². The minimum Gasteiger partial charge on any atom is -1.00 e. The van der Waals surface area contributed by atoms with Gasteiger partial charge in [-0.2, -0.15) is 0 Å². The Kier molecular flexibility index (Phi) is 175. The van der Waals surface area contributed by atoms with Crippen LogP contribution in [-0.4, -0.2) is 17.6 Å². The molecule has 0 aliphatic heterocycles. The van der Waals surface area contributed by atoms with Gasteiger partial charge in [-0.3, -0.25) is 0 Å². The molecule has 0 bridgehead atoms. The van der Waals surface area contributed by atoms with Gasteiger partial charge in [0.25, 0.3) is 0 Å². The van der Waals surface area contributed by atoms with Crippen LogP contribution in [0.15, 0.2) is 0 Å². The van der Waals surface area contributed by atoms with Gasteiger partial charge in [0, 0.05) is 0 Å². The average Bonchev–Trinajstić information content (AvgIpc) is 0. The van der Waals surface area contributed by atoms with Gasteiger partial charge in [0.1, 0.15) is 0 Å². The van der Waals surface area contributed by atoms with Crippen molar-refractivity contribution in [2.24, 2.45) is 0 Å². The van der Waals surface area contributed by atoms with E-state index in [0.717, 1.165) is 0 Å². The van der Waals surface area contributed by atoms with Gasteiger partial charge in [0.05, 0.1) is 0 Å². The summed E-state index contributed by atoms with van der Waals surface area (Å²) in [4.78, 5) is 0. The molecule has 0 saturated heterocycles. The molecule has 0 aromatic heterocycles. The second-order valence-corrected chi connectivity index (χ2v) is 0. The summed E-state index contributed by atoms with van der Waals surface area (Å²) in [5.41, 5.74) is 0. The summed E-state index contributed by atoms with van der Waals surface area (Å²) in [6.07, 6.45) is 0. The Labute approximate surface area is 135 Å². The van der Waals surface area contributed by atoms with Crippen LogP contribution in [0.2, 0.25) is 0 Å². The Balaban J connectivity index is 0. The van der Waals surface area contributed by atoms with Gasteiger partial charge in [0.2, 0.25) is 0 Å². The van der Waals surface area contributed by atoms with Gasteiger partial charge >= 0.3 is 86.5 Å². The molecule has 0 fully saturated rings. The van der Waals surface area contributed by atoms with Crippen LogP contribution in [0.25, 0.3) is 0 Å². The third-order valence-corrected chi connectivity index (χ3v) is 0. The zero-order valence-corrected chi connectivity index (χ0v) is 13.6. The number of rotatable bonds is 0. The first-order chi connectivity index (χ1) is 0. The van der Waals surface area contributed by atoms with E-state index in [1.807, 2.05) is 0 Å². The molecule has 0 rings (SSSR count). The SMILES string of the molecule is Br.Br.Br.[Cs+].[GeH4].[H-]. The van der Waals surface area contributed by atoms with Crippen molar-refractivity contribution >= 4 is 68.5 Å². The van der Waals surface area contributed by atoms with Crippen molar-refractivity contribution in [3.63, 3.8) is 0 Å². The van der Waals surface area contributed by atoms with Crippen LogP contribution < -0.4 is 68.9 Å². The van der Waals surface area contributed by atoms with Crippen LogP contribution >= 0.6 is 50.9 Å². The van der Waals surface area contributed by atoms with Gasteiger partial charge < -0.3 is 1.43 Å². The fourth-order valence-corrected chi connectivity index (χ4v) is 0. The first kappa shape index (κ1) is 35.8. The molecular weight excluding hydrogens is 445 g/mol. The second kappa shape index (κ2) is 24.4. The largest absolute Gasteiger partial charge is 1.00 e. The maximum Gasteiger partial charge on any atom is -1.00 e. The Morgan fingerprint density at radius 3 is 0.800 bits per heavy atom. The molecule has 0 N–H and O–H groups in total. The van der Waals surface area contributed by atoms with Crippen molar-refractivity contribution in [2.45, 2.75) is 0 Å². The molecule has 34 valence electrons. The molecule has 0 unspecified atom stereocenters. The van der Waals surface area contributed by atoms with E-state index in [1.54, 1.807) is 0 Å². The van der Waals surface area contributed by atoms with Crippen molar-refractivity contribution in [3.8, 4) is 0 Å². The fraction of sp³-hybridized carbons (Fsp3) is 0. The normalized spacial score (nSPS) is 0. The van der Waals surface area contributed by atoms with Crippen LogP contribution in [0.3, 0.4) is 0 Å². The summed E-state index contributed by atoms with van der Waals surface area (Å²) in [6.45, 7) is 0. The molecule has 0 aliphatic carbocycles. The van der Waals surface area contributed by atoms with E-state index in [-0.39, 0.29) is 139 Å².